The van der Waals surface area contributed by atoms with Crippen LogP contribution in [0.3, 0.4) is 0 Å². The molecule has 0 spiro atoms. The van der Waals surface area contributed by atoms with Gasteiger partial charge in [0.05, 0.1) is 12.3 Å². The van der Waals surface area contributed by atoms with Crippen LogP contribution in [0.1, 0.15) is 23.7 Å². The molecule has 0 aliphatic carbocycles. The number of nitrogen functional groups attached to an aromatic ring is 1. The molecule has 0 aromatic heterocycles. The first-order chi connectivity index (χ1) is 9.45. The average molecular weight is 279 g/mol. The molecule has 1 rings (SSSR count). The molecule has 3 N–H and O–H groups in total. The van der Waals surface area contributed by atoms with Crippen LogP contribution in [0, 0.1) is 0 Å². The van der Waals surface area contributed by atoms with Crippen molar-refractivity contribution in [3.63, 3.8) is 0 Å². The molecular weight excluding hydrogens is 258 g/mol. The molecular formula is C14H21N3O3. The highest BCUT2D eigenvalue weighted by Crippen LogP contribution is 2.22. The van der Waals surface area contributed by atoms with Crippen molar-refractivity contribution in [2.24, 2.45) is 0 Å². The second-order valence-corrected chi connectivity index (χ2v) is 4.48. The number of anilines is 1. The fraction of sp³-hybridized carbons (Fsp3) is 0.429. The molecule has 0 saturated heterocycles. The number of benzene rings is 1. The molecule has 1 aromatic carbocycles. The lowest BCUT2D eigenvalue weighted by Gasteiger charge is -2.11. The number of hydrogen-bond acceptors (Lipinski definition) is 4. The molecule has 0 heterocycles. The summed E-state index contributed by atoms with van der Waals surface area (Å²) in [5.74, 6) is 0.273. The second-order valence-electron chi connectivity index (χ2n) is 4.48. The summed E-state index contributed by atoms with van der Waals surface area (Å²) in [4.78, 5) is 24.7. The number of carbonyl (C=O) groups is 2. The number of nitrogens with one attached hydrogen (secondary N) is 1. The summed E-state index contributed by atoms with van der Waals surface area (Å²) in [5.41, 5.74) is 6.66. The minimum Gasteiger partial charge on any atom is -0.492 e. The van der Waals surface area contributed by atoms with E-state index in [0.29, 0.717) is 30.2 Å². The van der Waals surface area contributed by atoms with E-state index in [1.165, 1.54) is 4.90 Å². The van der Waals surface area contributed by atoms with Gasteiger partial charge in [-0.05, 0) is 25.1 Å². The maximum absolute atomic E-state index is 11.9. The van der Waals surface area contributed by atoms with E-state index in [9.17, 15) is 9.59 Å². The van der Waals surface area contributed by atoms with Gasteiger partial charge >= 0.3 is 0 Å². The predicted molar refractivity (Wildman–Crippen MR) is 77.7 cm³/mol. The van der Waals surface area contributed by atoms with Crippen molar-refractivity contribution in [1.82, 2.24) is 10.2 Å². The number of nitrogens with two attached hydrogens (primary N) is 1. The summed E-state index contributed by atoms with van der Waals surface area (Å²) in [6.07, 6.45) is 0.269. The third kappa shape index (κ3) is 4.46. The van der Waals surface area contributed by atoms with Gasteiger partial charge in [0.15, 0.2) is 0 Å². The Balaban J connectivity index is 2.56. The van der Waals surface area contributed by atoms with Gasteiger partial charge in [-0.25, -0.2) is 0 Å². The van der Waals surface area contributed by atoms with Crippen LogP contribution in [-0.2, 0) is 4.79 Å². The average Bonchev–Trinajstić information content (AvgIpc) is 2.40. The van der Waals surface area contributed by atoms with Crippen LogP contribution in [0.25, 0.3) is 0 Å². The first-order valence-corrected chi connectivity index (χ1v) is 6.46. The molecule has 6 heteroatoms. The summed E-state index contributed by atoms with van der Waals surface area (Å²) in [6.45, 7) is 2.67. The summed E-state index contributed by atoms with van der Waals surface area (Å²) in [6, 6.07) is 4.87. The zero-order chi connectivity index (χ0) is 15.1. The number of ether oxygens (including phenoxy) is 1. The Kier molecular flexibility index (Phi) is 5.83. The lowest BCUT2D eigenvalue weighted by atomic mass is 10.1. The molecule has 0 fully saturated rings. The Morgan fingerprint density at radius 1 is 1.35 bits per heavy atom. The number of carbonyl (C=O) groups excluding carboxylic acids is 2. The molecule has 6 nitrogen and oxygen atoms in total. The second kappa shape index (κ2) is 7.37. The monoisotopic (exact) mass is 279 g/mol. The smallest absolute Gasteiger partial charge is 0.251 e. The minimum absolute atomic E-state index is 0.0310. The van der Waals surface area contributed by atoms with Crippen molar-refractivity contribution in [2.75, 3.05) is 33.0 Å². The lowest BCUT2D eigenvalue weighted by molar-refractivity contribution is -0.128. The molecule has 0 saturated carbocycles. The third-order valence-corrected chi connectivity index (χ3v) is 2.70. The van der Waals surface area contributed by atoms with Gasteiger partial charge in [0.2, 0.25) is 5.91 Å². The predicted octanol–water partition coefficient (Wildman–Crippen LogP) is 0.876. The van der Waals surface area contributed by atoms with E-state index >= 15 is 0 Å². The fourth-order valence-electron chi connectivity index (χ4n) is 1.59. The van der Waals surface area contributed by atoms with E-state index in [-0.39, 0.29) is 18.2 Å². The molecule has 0 bridgehead atoms. The molecule has 20 heavy (non-hydrogen) atoms. The topological polar surface area (TPSA) is 84.7 Å². The van der Waals surface area contributed by atoms with E-state index in [1.54, 1.807) is 32.3 Å². The molecule has 0 aliphatic heterocycles. The van der Waals surface area contributed by atoms with Gasteiger partial charge in [-0.15, -0.1) is 0 Å². The highest BCUT2D eigenvalue weighted by Gasteiger charge is 2.10. The van der Waals surface area contributed by atoms with Crippen molar-refractivity contribution >= 4 is 17.5 Å². The first kappa shape index (κ1) is 15.8. The standard InChI is InChI=1S/C14H21N3O3/c1-4-20-12-6-5-10(9-11(12)15)14(19)16-8-7-13(18)17(2)3/h5-6,9H,4,7-8,15H2,1-3H3,(H,16,19). The van der Waals surface area contributed by atoms with Gasteiger partial charge in [-0.2, -0.15) is 0 Å². The third-order valence-electron chi connectivity index (χ3n) is 2.70. The van der Waals surface area contributed by atoms with E-state index in [4.69, 9.17) is 10.5 Å². The van der Waals surface area contributed by atoms with E-state index < -0.39 is 0 Å². The summed E-state index contributed by atoms with van der Waals surface area (Å²) in [5, 5.41) is 2.68. The lowest BCUT2D eigenvalue weighted by Crippen LogP contribution is -2.30. The Morgan fingerprint density at radius 3 is 2.60 bits per heavy atom. The van der Waals surface area contributed by atoms with E-state index in [1.807, 2.05) is 6.92 Å². The number of rotatable bonds is 6. The Morgan fingerprint density at radius 2 is 2.05 bits per heavy atom. The Hall–Kier alpha value is -2.24. The Bertz CT molecular complexity index is 487. The SMILES string of the molecule is CCOc1ccc(C(=O)NCCC(=O)N(C)C)cc1N. The molecule has 2 amide bonds. The molecule has 0 unspecified atom stereocenters. The molecule has 110 valence electrons. The van der Waals surface area contributed by atoms with Crippen LogP contribution < -0.4 is 15.8 Å². The fourth-order valence-corrected chi connectivity index (χ4v) is 1.59. The van der Waals surface area contributed by atoms with Crippen molar-refractivity contribution in [3.05, 3.63) is 23.8 Å². The first-order valence-electron chi connectivity index (χ1n) is 6.46. The number of hydrogen-bond donors (Lipinski definition) is 2. The van der Waals surface area contributed by atoms with E-state index in [2.05, 4.69) is 5.32 Å². The van der Waals surface area contributed by atoms with Gasteiger partial charge in [0.1, 0.15) is 5.75 Å². The van der Waals surface area contributed by atoms with Crippen molar-refractivity contribution < 1.29 is 14.3 Å². The summed E-state index contributed by atoms with van der Waals surface area (Å²) >= 11 is 0. The van der Waals surface area contributed by atoms with Crippen LogP contribution >= 0.6 is 0 Å². The molecule has 0 radical (unpaired) electrons. The normalized spacial score (nSPS) is 9.95. The minimum atomic E-state index is -0.258. The van der Waals surface area contributed by atoms with Crippen molar-refractivity contribution in [2.45, 2.75) is 13.3 Å². The maximum atomic E-state index is 11.9. The number of nitrogens with zero attached hydrogens (tertiary/aromatic N) is 1. The number of amides is 2. The molecule has 0 atom stereocenters. The summed E-state index contributed by atoms with van der Waals surface area (Å²) < 4.78 is 5.30. The maximum Gasteiger partial charge on any atom is 0.251 e. The zero-order valence-electron chi connectivity index (χ0n) is 12.1. The summed E-state index contributed by atoms with van der Waals surface area (Å²) in [7, 11) is 3.36. The van der Waals surface area contributed by atoms with Gasteiger partial charge < -0.3 is 20.7 Å². The van der Waals surface area contributed by atoms with Crippen LogP contribution in [0.2, 0.25) is 0 Å². The van der Waals surface area contributed by atoms with Crippen LogP contribution in [0.4, 0.5) is 5.69 Å². The van der Waals surface area contributed by atoms with Gasteiger partial charge in [-0.3, -0.25) is 9.59 Å². The Labute approximate surface area is 118 Å². The van der Waals surface area contributed by atoms with Crippen LogP contribution in [0.5, 0.6) is 5.75 Å². The van der Waals surface area contributed by atoms with Crippen molar-refractivity contribution in [1.29, 1.82) is 0 Å². The molecule has 0 aliphatic rings. The highest BCUT2D eigenvalue weighted by atomic mass is 16.5. The van der Waals surface area contributed by atoms with Crippen LogP contribution in [-0.4, -0.2) is 44.0 Å². The van der Waals surface area contributed by atoms with Gasteiger partial charge in [-0.1, -0.05) is 0 Å². The quantitative estimate of drug-likeness (QED) is 0.757. The zero-order valence-corrected chi connectivity index (χ0v) is 12.1. The van der Waals surface area contributed by atoms with Gasteiger partial charge in [0, 0.05) is 32.6 Å². The van der Waals surface area contributed by atoms with Gasteiger partial charge in [0.25, 0.3) is 5.91 Å². The highest BCUT2D eigenvalue weighted by molar-refractivity contribution is 5.95. The largest absolute Gasteiger partial charge is 0.492 e. The van der Waals surface area contributed by atoms with E-state index in [0.717, 1.165) is 0 Å². The molecule has 1 aromatic rings. The van der Waals surface area contributed by atoms with Crippen LogP contribution in [0.15, 0.2) is 18.2 Å². The van der Waals surface area contributed by atoms with Crippen molar-refractivity contribution in [3.8, 4) is 5.75 Å².